The topological polar surface area (TPSA) is 75.3 Å². The molecule has 1 saturated carbocycles. The first kappa shape index (κ1) is 20.6. The number of rotatable bonds is 6. The Morgan fingerprint density at radius 3 is 2.50 bits per heavy atom. The largest absolute Gasteiger partial charge is 0.346 e. The van der Waals surface area contributed by atoms with Crippen molar-refractivity contribution in [3.05, 3.63) is 64.7 Å². The highest BCUT2D eigenvalue weighted by Gasteiger charge is 2.24. The average Bonchev–Trinajstić information content (AvgIpc) is 3.16. The molecule has 1 unspecified atom stereocenters. The molecule has 1 aliphatic rings. The molecule has 1 aliphatic carbocycles. The van der Waals surface area contributed by atoms with E-state index in [9.17, 15) is 13.2 Å². The van der Waals surface area contributed by atoms with Crippen LogP contribution in [0.15, 0.2) is 47.4 Å². The van der Waals surface area contributed by atoms with Crippen molar-refractivity contribution in [1.29, 1.82) is 0 Å². The Hall–Kier alpha value is -2.18. The van der Waals surface area contributed by atoms with Crippen molar-refractivity contribution < 1.29 is 13.2 Å². The molecule has 0 heterocycles. The van der Waals surface area contributed by atoms with Gasteiger partial charge in [-0.2, -0.15) is 0 Å². The molecular formula is C22H28N2O3S. The number of hydrogen-bond acceptors (Lipinski definition) is 3. The third-order valence-electron chi connectivity index (χ3n) is 5.33. The lowest BCUT2D eigenvalue weighted by Gasteiger charge is -2.18. The molecule has 0 radical (unpaired) electrons. The summed E-state index contributed by atoms with van der Waals surface area (Å²) in [5.41, 5.74) is 3.63. The van der Waals surface area contributed by atoms with Gasteiger partial charge in [-0.05, 0) is 62.9 Å². The summed E-state index contributed by atoms with van der Waals surface area (Å²) in [6, 6.07) is 12.2. The molecule has 5 nitrogen and oxygen atoms in total. The van der Waals surface area contributed by atoms with Gasteiger partial charge in [0, 0.05) is 11.6 Å². The number of sulfonamides is 1. The quantitative estimate of drug-likeness (QED) is 0.769. The number of carbonyl (C=O) groups is 1. The molecule has 6 heteroatoms. The molecule has 28 heavy (non-hydrogen) atoms. The van der Waals surface area contributed by atoms with Crippen LogP contribution >= 0.6 is 0 Å². The van der Waals surface area contributed by atoms with Crippen molar-refractivity contribution in [2.24, 2.45) is 0 Å². The second-order valence-corrected chi connectivity index (χ2v) is 9.40. The first-order chi connectivity index (χ1) is 13.3. The molecule has 2 N–H and O–H groups in total. The second-order valence-electron chi connectivity index (χ2n) is 7.69. The van der Waals surface area contributed by atoms with Crippen LogP contribution in [-0.4, -0.2) is 20.4 Å². The third kappa shape index (κ3) is 4.80. The van der Waals surface area contributed by atoms with E-state index in [-0.39, 0.29) is 22.9 Å². The summed E-state index contributed by atoms with van der Waals surface area (Å²) in [6.07, 6.45) is 3.83. The summed E-state index contributed by atoms with van der Waals surface area (Å²) in [6.45, 7) is 5.96. The predicted molar refractivity (Wildman–Crippen MR) is 111 cm³/mol. The summed E-state index contributed by atoms with van der Waals surface area (Å²) < 4.78 is 28.1. The van der Waals surface area contributed by atoms with Crippen LogP contribution in [0.1, 0.15) is 65.7 Å². The number of nitrogens with one attached hydrogen (secondary N) is 2. The van der Waals surface area contributed by atoms with E-state index in [1.54, 1.807) is 12.1 Å². The maximum absolute atomic E-state index is 12.7. The Bertz CT molecular complexity index is 963. The maximum Gasteiger partial charge on any atom is 0.251 e. The monoisotopic (exact) mass is 400 g/mol. The van der Waals surface area contributed by atoms with Crippen molar-refractivity contribution in [3.63, 3.8) is 0 Å². The molecule has 0 spiro atoms. The lowest BCUT2D eigenvalue weighted by Crippen LogP contribution is -2.33. The average molecular weight is 401 g/mol. The Kier molecular flexibility index (Phi) is 6.20. The fourth-order valence-electron chi connectivity index (χ4n) is 3.72. The van der Waals surface area contributed by atoms with Gasteiger partial charge in [-0.1, -0.05) is 42.7 Å². The second kappa shape index (κ2) is 8.45. The Morgan fingerprint density at radius 1 is 1.07 bits per heavy atom. The van der Waals surface area contributed by atoms with Gasteiger partial charge in [0.2, 0.25) is 10.0 Å². The SMILES string of the molecule is Cc1ccc(C)c(C(C)NC(=O)c2cccc(S(=O)(=O)NC3CCCC3)c2)c1. The molecule has 0 saturated heterocycles. The van der Waals surface area contributed by atoms with E-state index >= 15 is 0 Å². The van der Waals surface area contributed by atoms with Gasteiger partial charge >= 0.3 is 0 Å². The van der Waals surface area contributed by atoms with Gasteiger partial charge in [0.15, 0.2) is 0 Å². The molecule has 0 aromatic heterocycles. The van der Waals surface area contributed by atoms with Gasteiger partial charge in [0.05, 0.1) is 10.9 Å². The molecular weight excluding hydrogens is 372 g/mol. The normalized spacial score (nSPS) is 16.1. The van der Waals surface area contributed by atoms with E-state index in [4.69, 9.17) is 0 Å². The molecule has 3 rings (SSSR count). The molecule has 1 amide bonds. The smallest absolute Gasteiger partial charge is 0.251 e. The first-order valence-electron chi connectivity index (χ1n) is 9.76. The molecule has 0 aliphatic heterocycles. The fourth-order valence-corrected chi connectivity index (χ4v) is 5.07. The number of carbonyl (C=O) groups excluding carboxylic acids is 1. The van der Waals surface area contributed by atoms with E-state index in [1.807, 2.05) is 32.9 Å². The van der Waals surface area contributed by atoms with E-state index in [2.05, 4.69) is 16.1 Å². The molecule has 2 aromatic carbocycles. The highest BCUT2D eigenvalue weighted by atomic mass is 32.2. The Morgan fingerprint density at radius 2 is 1.79 bits per heavy atom. The summed E-state index contributed by atoms with van der Waals surface area (Å²) >= 11 is 0. The Labute approximate surface area is 167 Å². The number of amides is 1. The minimum atomic E-state index is -3.62. The summed E-state index contributed by atoms with van der Waals surface area (Å²) in [7, 11) is -3.62. The van der Waals surface area contributed by atoms with Gasteiger partial charge in [-0.3, -0.25) is 4.79 Å². The van der Waals surface area contributed by atoms with Gasteiger partial charge < -0.3 is 5.32 Å². The van der Waals surface area contributed by atoms with E-state index < -0.39 is 10.0 Å². The standard InChI is InChI=1S/C22H28N2O3S/c1-15-11-12-16(2)21(13-15)17(3)23-22(25)18-7-6-10-20(14-18)28(26,27)24-19-8-4-5-9-19/h6-7,10-14,17,19,24H,4-5,8-9H2,1-3H3,(H,23,25). The molecule has 150 valence electrons. The van der Waals surface area contributed by atoms with Crippen LogP contribution in [0.3, 0.4) is 0 Å². The van der Waals surface area contributed by atoms with Crippen LogP contribution in [0.2, 0.25) is 0 Å². The van der Waals surface area contributed by atoms with Gasteiger partial charge in [0.25, 0.3) is 5.91 Å². The van der Waals surface area contributed by atoms with Gasteiger partial charge in [-0.25, -0.2) is 13.1 Å². The van der Waals surface area contributed by atoms with Crippen molar-refractivity contribution in [1.82, 2.24) is 10.0 Å². The molecule has 1 fully saturated rings. The van der Waals surface area contributed by atoms with Crippen molar-refractivity contribution >= 4 is 15.9 Å². The summed E-state index contributed by atoms with van der Waals surface area (Å²) in [4.78, 5) is 12.9. The number of hydrogen-bond donors (Lipinski definition) is 2. The van der Waals surface area contributed by atoms with E-state index in [0.29, 0.717) is 5.56 Å². The first-order valence-corrected chi connectivity index (χ1v) is 11.2. The van der Waals surface area contributed by atoms with Crippen LogP contribution in [0.25, 0.3) is 0 Å². The van der Waals surface area contributed by atoms with Crippen LogP contribution in [-0.2, 0) is 10.0 Å². The zero-order valence-corrected chi connectivity index (χ0v) is 17.5. The predicted octanol–water partition coefficient (Wildman–Crippen LogP) is 4.02. The van der Waals surface area contributed by atoms with Crippen molar-refractivity contribution in [3.8, 4) is 0 Å². The van der Waals surface area contributed by atoms with Crippen molar-refractivity contribution in [2.75, 3.05) is 0 Å². The number of benzene rings is 2. The van der Waals surface area contributed by atoms with E-state index in [0.717, 1.165) is 42.4 Å². The molecule has 2 aromatic rings. The fraction of sp³-hybridized carbons (Fsp3) is 0.409. The minimum absolute atomic E-state index is 0.00759. The van der Waals surface area contributed by atoms with Crippen LogP contribution < -0.4 is 10.0 Å². The maximum atomic E-state index is 12.7. The highest BCUT2D eigenvalue weighted by molar-refractivity contribution is 7.89. The van der Waals surface area contributed by atoms with Crippen LogP contribution in [0.4, 0.5) is 0 Å². The van der Waals surface area contributed by atoms with E-state index in [1.165, 1.54) is 12.1 Å². The van der Waals surface area contributed by atoms with Gasteiger partial charge in [0.1, 0.15) is 0 Å². The van der Waals surface area contributed by atoms with Crippen LogP contribution in [0, 0.1) is 13.8 Å². The molecule has 1 atom stereocenters. The molecule has 0 bridgehead atoms. The van der Waals surface area contributed by atoms with Gasteiger partial charge in [-0.15, -0.1) is 0 Å². The highest BCUT2D eigenvalue weighted by Crippen LogP contribution is 2.22. The zero-order chi connectivity index (χ0) is 20.3. The van der Waals surface area contributed by atoms with Crippen LogP contribution in [0.5, 0.6) is 0 Å². The zero-order valence-electron chi connectivity index (χ0n) is 16.7. The summed E-state index contributed by atoms with van der Waals surface area (Å²) in [5, 5.41) is 2.98. The third-order valence-corrected chi connectivity index (χ3v) is 6.85. The minimum Gasteiger partial charge on any atom is -0.346 e. The number of aryl methyl sites for hydroxylation is 2. The lowest BCUT2D eigenvalue weighted by atomic mass is 10.00. The Balaban J connectivity index is 1.75. The lowest BCUT2D eigenvalue weighted by molar-refractivity contribution is 0.0939. The van der Waals surface area contributed by atoms with Crippen molar-refractivity contribution in [2.45, 2.75) is 63.4 Å². The summed E-state index contributed by atoms with van der Waals surface area (Å²) in [5.74, 6) is -0.286.